The fourth-order valence-electron chi connectivity index (χ4n) is 1.81. The Kier molecular flexibility index (Phi) is 9.07. The molecule has 25 heavy (non-hydrogen) atoms. The van der Waals surface area contributed by atoms with Gasteiger partial charge in [-0.15, -0.1) is 0 Å². The van der Waals surface area contributed by atoms with Gasteiger partial charge in [0.2, 0.25) is 0 Å². The number of alkyl carbamates (subject to hydrolysis) is 1. The molecule has 1 amide bonds. The molecule has 0 heterocycles. The van der Waals surface area contributed by atoms with Gasteiger partial charge in [-0.1, -0.05) is 0 Å². The first-order chi connectivity index (χ1) is 11.2. The van der Waals surface area contributed by atoms with E-state index in [1.54, 1.807) is 27.8 Å². The van der Waals surface area contributed by atoms with E-state index in [1.807, 2.05) is 13.8 Å². The Morgan fingerprint density at radius 2 is 1.64 bits per heavy atom. The summed E-state index contributed by atoms with van der Waals surface area (Å²) in [7, 11) is 1.57. The van der Waals surface area contributed by atoms with Crippen LogP contribution in [0.2, 0.25) is 0 Å². The van der Waals surface area contributed by atoms with Crippen molar-refractivity contribution in [3.63, 3.8) is 0 Å². The third kappa shape index (κ3) is 14.4. The number of aliphatic imine (C=N–C) groups is 1. The Balaban J connectivity index is 4.17. The van der Waals surface area contributed by atoms with Gasteiger partial charge in [-0.25, -0.2) is 4.79 Å². The minimum atomic E-state index is -4.11. The zero-order valence-corrected chi connectivity index (χ0v) is 15.9. The summed E-state index contributed by atoms with van der Waals surface area (Å²) in [5, 5.41) is 8.73. The predicted molar refractivity (Wildman–Crippen MR) is 92.7 cm³/mol. The molecule has 0 atom stereocenters. The number of unbranched alkanes of at least 4 members (excludes halogenated alkanes) is 1. The molecule has 0 aromatic heterocycles. The minimum Gasteiger partial charge on any atom is -0.444 e. The lowest BCUT2D eigenvalue weighted by Crippen LogP contribution is -2.54. The van der Waals surface area contributed by atoms with Gasteiger partial charge in [0.15, 0.2) is 5.96 Å². The number of hydrogen-bond acceptors (Lipinski definition) is 3. The van der Waals surface area contributed by atoms with E-state index >= 15 is 0 Å². The first kappa shape index (κ1) is 23.3. The maximum Gasteiger partial charge on any atom is 0.408 e. The molecular weight excluding hydrogens is 337 g/mol. The van der Waals surface area contributed by atoms with Crippen molar-refractivity contribution in [2.24, 2.45) is 4.99 Å². The molecule has 0 spiro atoms. The highest BCUT2D eigenvalue weighted by Gasteiger charge is 2.26. The van der Waals surface area contributed by atoms with Crippen molar-refractivity contribution >= 4 is 12.1 Å². The summed E-state index contributed by atoms with van der Waals surface area (Å²) in [6, 6.07) is 0. The first-order valence-electron chi connectivity index (χ1n) is 8.26. The van der Waals surface area contributed by atoms with Gasteiger partial charge in [0, 0.05) is 26.6 Å². The molecule has 0 aliphatic heterocycles. The zero-order valence-electron chi connectivity index (χ0n) is 15.9. The maximum atomic E-state index is 12.1. The highest BCUT2D eigenvalue weighted by molar-refractivity contribution is 5.79. The number of guanidine groups is 1. The van der Waals surface area contributed by atoms with Crippen LogP contribution in [0.4, 0.5) is 18.0 Å². The summed E-state index contributed by atoms with van der Waals surface area (Å²) in [5.74, 6) is 0.464. The number of carbonyl (C=O) groups is 1. The monoisotopic (exact) mass is 368 g/mol. The van der Waals surface area contributed by atoms with Gasteiger partial charge in [0.05, 0.1) is 5.54 Å². The molecule has 6 nitrogen and oxygen atoms in total. The van der Waals surface area contributed by atoms with Gasteiger partial charge in [-0.2, -0.15) is 13.2 Å². The van der Waals surface area contributed by atoms with Crippen LogP contribution >= 0.6 is 0 Å². The van der Waals surface area contributed by atoms with Crippen LogP contribution in [-0.2, 0) is 4.74 Å². The van der Waals surface area contributed by atoms with Crippen molar-refractivity contribution in [3.05, 3.63) is 0 Å². The molecule has 3 N–H and O–H groups in total. The number of nitrogens with one attached hydrogen (secondary N) is 3. The molecule has 0 aliphatic rings. The van der Waals surface area contributed by atoms with Crippen molar-refractivity contribution in [2.75, 3.05) is 20.1 Å². The summed E-state index contributed by atoms with van der Waals surface area (Å²) in [6.07, 6.45) is -4.96. The highest BCUT2D eigenvalue weighted by atomic mass is 19.4. The van der Waals surface area contributed by atoms with E-state index in [0.29, 0.717) is 25.5 Å². The smallest absolute Gasteiger partial charge is 0.408 e. The van der Waals surface area contributed by atoms with Crippen molar-refractivity contribution in [2.45, 2.75) is 71.2 Å². The second-order valence-corrected chi connectivity index (χ2v) is 7.44. The molecule has 0 saturated carbocycles. The average Bonchev–Trinajstić information content (AvgIpc) is 2.37. The third-order valence-corrected chi connectivity index (χ3v) is 2.94. The Morgan fingerprint density at radius 1 is 1.04 bits per heavy atom. The molecule has 0 bridgehead atoms. The van der Waals surface area contributed by atoms with Gasteiger partial charge < -0.3 is 20.7 Å². The molecule has 148 valence electrons. The second kappa shape index (κ2) is 9.72. The van der Waals surface area contributed by atoms with E-state index in [1.165, 1.54) is 0 Å². The van der Waals surface area contributed by atoms with E-state index in [-0.39, 0.29) is 6.42 Å². The molecule has 0 aliphatic carbocycles. The number of rotatable bonds is 7. The summed E-state index contributed by atoms with van der Waals surface area (Å²) < 4.78 is 41.4. The highest BCUT2D eigenvalue weighted by Crippen LogP contribution is 2.21. The third-order valence-electron chi connectivity index (χ3n) is 2.94. The Labute approximate surface area is 148 Å². The standard InChI is InChI=1S/C16H31F3N4O2/c1-14(2,3)25-13(24)23-15(4,5)11-22-12(20-6)21-10-8-7-9-16(17,18)19/h7-11H2,1-6H3,(H,23,24)(H2,20,21,22). The average molecular weight is 368 g/mol. The first-order valence-corrected chi connectivity index (χ1v) is 8.26. The maximum absolute atomic E-state index is 12.1. The summed E-state index contributed by atoms with van der Waals surface area (Å²) >= 11 is 0. The van der Waals surface area contributed by atoms with Crippen LogP contribution in [0.5, 0.6) is 0 Å². The summed E-state index contributed by atoms with van der Waals surface area (Å²) in [4.78, 5) is 15.8. The lowest BCUT2D eigenvalue weighted by Gasteiger charge is -2.29. The number of carbonyl (C=O) groups excluding carboxylic acids is 1. The molecular formula is C16H31F3N4O2. The molecule has 0 aromatic carbocycles. The predicted octanol–water partition coefficient (Wildman–Crippen LogP) is 3.19. The van der Waals surface area contributed by atoms with Crippen molar-refractivity contribution in [1.29, 1.82) is 0 Å². The quantitative estimate of drug-likeness (QED) is 0.367. The SMILES string of the molecule is CN=C(NCCCCC(F)(F)F)NCC(C)(C)NC(=O)OC(C)(C)C. The van der Waals surface area contributed by atoms with Gasteiger partial charge in [-0.3, -0.25) is 4.99 Å². The van der Waals surface area contributed by atoms with Gasteiger partial charge in [0.25, 0.3) is 0 Å². The van der Waals surface area contributed by atoms with Gasteiger partial charge in [0.1, 0.15) is 5.60 Å². The van der Waals surface area contributed by atoms with Crippen LogP contribution in [0.3, 0.4) is 0 Å². The lowest BCUT2D eigenvalue weighted by atomic mass is 10.1. The van der Waals surface area contributed by atoms with Gasteiger partial charge >= 0.3 is 12.3 Å². The van der Waals surface area contributed by atoms with Crippen LogP contribution in [-0.4, -0.2) is 49.5 Å². The van der Waals surface area contributed by atoms with Crippen LogP contribution in [0.1, 0.15) is 53.9 Å². The number of amides is 1. The number of alkyl halides is 3. The van der Waals surface area contributed by atoms with E-state index in [9.17, 15) is 18.0 Å². The van der Waals surface area contributed by atoms with Crippen LogP contribution in [0, 0.1) is 0 Å². The number of halogens is 3. The normalized spacial score (nSPS) is 13.4. The fraction of sp³-hybridized carbons (Fsp3) is 0.875. The number of nitrogens with zero attached hydrogens (tertiary/aromatic N) is 1. The molecule has 0 radical (unpaired) electrons. The zero-order chi connectivity index (χ0) is 19.7. The Morgan fingerprint density at radius 3 is 2.12 bits per heavy atom. The lowest BCUT2D eigenvalue weighted by molar-refractivity contribution is -0.135. The van der Waals surface area contributed by atoms with E-state index in [2.05, 4.69) is 20.9 Å². The molecule has 0 unspecified atom stereocenters. The molecule has 0 fully saturated rings. The molecule has 0 saturated heterocycles. The van der Waals surface area contributed by atoms with Crippen molar-refractivity contribution in [1.82, 2.24) is 16.0 Å². The molecule has 0 rings (SSSR count). The largest absolute Gasteiger partial charge is 0.444 e. The second-order valence-electron chi connectivity index (χ2n) is 7.44. The number of ether oxygens (including phenoxy) is 1. The molecule has 9 heteroatoms. The summed E-state index contributed by atoms with van der Waals surface area (Å²) in [5.41, 5.74) is -1.18. The Hall–Kier alpha value is -1.67. The Bertz CT molecular complexity index is 444. The van der Waals surface area contributed by atoms with Crippen LogP contribution in [0.25, 0.3) is 0 Å². The van der Waals surface area contributed by atoms with Crippen molar-refractivity contribution < 1.29 is 22.7 Å². The molecule has 0 aromatic rings. The van der Waals surface area contributed by atoms with E-state index < -0.39 is 29.8 Å². The fourth-order valence-corrected chi connectivity index (χ4v) is 1.81. The van der Waals surface area contributed by atoms with Crippen molar-refractivity contribution in [3.8, 4) is 0 Å². The van der Waals surface area contributed by atoms with E-state index in [0.717, 1.165) is 0 Å². The topological polar surface area (TPSA) is 74.8 Å². The van der Waals surface area contributed by atoms with Crippen LogP contribution in [0.15, 0.2) is 4.99 Å². The summed E-state index contributed by atoms with van der Waals surface area (Å²) in [6.45, 7) is 9.73. The minimum absolute atomic E-state index is 0.0686. The number of hydrogen-bond donors (Lipinski definition) is 3. The van der Waals surface area contributed by atoms with Crippen LogP contribution < -0.4 is 16.0 Å². The van der Waals surface area contributed by atoms with Gasteiger partial charge in [-0.05, 0) is 47.5 Å². The van der Waals surface area contributed by atoms with E-state index in [4.69, 9.17) is 4.74 Å².